The highest BCUT2D eigenvalue weighted by atomic mass is 19.1. The first kappa shape index (κ1) is 8.91. The maximum absolute atomic E-state index is 12.9. The standard InChI is InChI=1S/C10H8FNO2/c11-7-1-2-9(14)8(5-7)10(3-4-10)12-6-13/h1-2,5,14H,3-4H2. The summed E-state index contributed by atoms with van der Waals surface area (Å²) >= 11 is 0. The van der Waals surface area contributed by atoms with Crippen LogP contribution in [0.25, 0.3) is 0 Å². The third kappa shape index (κ3) is 1.30. The summed E-state index contributed by atoms with van der Waals surface area (Å²) in [7, 11) is 0. The molecule has 0 amide bonds. The molecule has 0 spiro atoms. The highest BCUT2D eigenvalue weighted by molar-refractivity contribution is 5.46. The van der Waals surface area contributed by atoms with Crippen LogP contribution < -0.4 is 0 Å². The molecule has 0 atom stereocenters. The van der Waals surface area contributed by atoms with Gasteiger partial charge in [0, 0.05) is 5.56 Å². The molecule has 1 aromatic rings. The summed E-state index contributed by atoms with van der Waals surface area (Å²) in [6, 6.07) is 3.65. The summed E-state index contributed by atoms with van der Waals surface area (Å²) in [5.74, 6) is -0.465. The minimum absolute atomic E-state index is 0.0251. The Kier molecular flexibility index (Phi) is 1.86. The number of aliphatic imine (C=N–C) groups is 1. The molecule has 0 radical (unpaired) electrons. The van der Waals surface area contributed by atoms with Crippen molar-refractivity contribution < 1.29 is 14.3 Å². The maximum atomic E-state index is 12.9. The van der Waals surface area contributed by atoms with Crippen LogP contribution in [-0.4, -0.2) is 11.2 Å². The van der Waals surface area contributed by atoms with E-state index in [2.05, 4.69) is 4.99 Å². The number of carbonyl (C=O) groups excluding carboxylic acids is 1. The Morgan fingerprint density at radius 2 is 2.21 bits per heavy atom. The molecule has 1 aliphatic carbocycles. The van der Waals surface area contributed by atoms with E-state index in [0.29, 0.717) is 18.4 Å². The Labute approximate surface area is 79.9 Å². The first-order chi connectivity index (χ1) is 6.68. The van der Waals surface area contributed by atoms with Crippen molar-refractivity contribution in [2.24, 2.45) is 4.99 Å². The van der Waals surface area contributed by atoms with Crippen LogP contribution >= 0.6 is 0 Å². The number of hydrogen-bond acceptors (Lipinski definition) is 3. The Morgan fingerprint density at radius 3 is 2.79 bits per heavy atom. The molecule has 72 valence electrons. The van der Waals surface area contributed by atoms with E-state index in [-0.39, 0.29) is 5.75 Å². The van der Waals surface area contributed by atoms with Crippen LogP contribution in [0.2, 0.25) is 0 Å². The molecule has 0 aliphatic heterocycles. The minimum atomic E-state index is -0.714. The second-order valence-electron chi connectivity index (χ2n) is 3.40. The molecular weight excluding hydrogens is 185 g/mol. The normalized spacial score (nSPS) is 17.2. The molecule has 0 saturated heterocycles. The molecular formula is C10H8FNO2. The van der Waals surface area contributed by atoms with Gasteiger partial charge in [-0.25, -0.2) is 9.18 Å². The molecule has 1 aliphatic rings. The van der Waals surface area contributed by atoms with Crippen molar-refractivity contribution in [2.75, 3.05) is 0 Å². The topological polar surface area (TPSA) is 49.7 Å². The number of phenolic OH excluding ortho intramolecular Hbond substituents is 1. The van der Waals surface area contributed by atoms with E-state index in [1.165, 1.54) is 24.3 Å². The molecule has 0 heterocycles. The van der Waals surface area contributed by atoms with Crippen molar-refractivity contribution in [1.29, 1.82) is 0 Å². The summed E-state index contributed by atoms with van der Waals surface area (Å²) in [4.78, 5) is 13.8. The zero-order valence-corrected chi connectivity index (χ0v) is 7.33. The Morgan fingerprint density at radius 1 is 1.50 bits per heavy atom. The van der Waals surface area contributed by atoms with E-state index < -0.39 is 11.4 Å². The summed E-state index contributed by atoms with van der Waals surface area (Å²) in [6.07, 6.45) is 2.76. The van der Waals surface area contributed by atoms with Crippen LogP contribution in [0.4, 0.5) is 4.39 Å². The molecule has 1 saturated carbocycles. The highest BCUT2D eigenvalue weighted by Gasteiger charge is 2.46. The van der Waals surface area contributed by atoms with Gasteiger partial charge in [0.2, 0.25) is 6.08 Å². The lowest BCUT2D eigenvalue weighted by Gasteiger charge is -2.09. The zero-order valence-electron chi connectivity index (χ0n) is 7.33. The number of hydrogen-bond donors (Lipinski definition) is 1. The first-order valence-corrected chi connectivity index (χ1v) is 4.26. The van der Waals surface area contributed by atoms with Crippen LogP contribution in [0, 0.1) is 5.82 Å². The molecule has 4 heteroatoms. The van der Waals surface area contributed by atoms with E-state index >= 15 is 0 Å². The lowest BCUT2D eigenvalue weighted by Crippen LogP contribution is -2.03. The quantitative estimate of drug-likeness (QED) is 0.575. The van der Waals surface area contributed by atoms with Crippen LogP contribution in [0.1, 0.15) is 18.4 Å². The molecule has 14 heavy (non-hydrogen) atoms. The molecule has 2 rings (SSSR count). The fraction of sp³-hybridized carbons (Fsp3) is 0.300. The molecule has 0 aromatic heterocycles. The van der Waals surface area contributed by atoms with E-state index in [1.54, 1.807) is 0 Å². The van der Waals surface area contributed by atoms with Gasteiger partial charge in [0.25, 0.3) is 0 Å². The number of phenols is 1. The molecule has 1 N–H and O–H groups in total. The SMILES string of the molecule is O=C=NC1(c2cc(F)ccc2O)CC1. The number of benzene rings is 1. The fourth-order valence-electron chi connectivity index (χ4n) is 1.53. The molecule has 0 bridgehead atoms. The van der Waals surface area contributed by atoms with Crippen molar-refractivity contribution in [3.8, 4) is 5.75 Å². The van der Waals surface area contributed by atoms with Gasteiger partial charge in [0.05, 0.1) is 0 Å². The maximum Gasteiger partial charge on any atom is 0.235 e. The van der Waals surface area contributed by atoms with Gasteiger partial charge in [0.1, 0.15) is 17.1 Å². The van der Waals surface area contributed by atoms with Gasteiger partial charge >= 0.3 is 0 Å². The highest BCUT2D eigenvalue weighted by Crippen LogP contribution is 2.52. The van der Waals surface area contributed by atoms with Crippen LogP contribution in [0.15, 0.2) is 23.2 Å². The zero-order chi connectivity index (χ0) is 10.2. The fourth-order valence-corrected chi connectivity index (χ4v) is 1.53. The summed E-state index contributed by atoms with van der Waals surface area (Å²) in [6.45, 7) is 0. The van der Waals surface area contributed by atoms with Crippen molar-refractivity contribution in [3.63, 3.8) is 0 Å². The number of aromatic hydroxyl groups is 1. The lowest BCUT2D eigenvalue weighted by molar-refractivity contribution is 0.456. The summed E-state index contributed by atoms with van der Waals surface area (Å²) in [5, 5.41) is 9.48. The number of halogens is 1. The minimum Gasteiger partial charge on any atom is -0.508 e. The second-order valence-corrected chi connectivity index (χ2v) is 3.40. The van der Waals surface area contributed by atoms with E-state index in [9.17, 15) is 14.3 Å². The third-order valence-electron chi connectivity index (χ3n) is 2.44. The number of rotatable bonds is 2. The monoisotopic (exact) mass is 193 g/mol. The average molecular weight is 193 g/mol. The van der Waals surface area contributed by atoms with Crippen molar-refractivity contribution in [2.45, 2.75) is 18.4 Å². The van der Waals surface area contributed by atoms with Gasteiger partial charge in [-0.3, -0.25) is 0 Å². The number of isocyanates is 1. The smallest absolute Gasteiger partial charge is 0.235 e. The molecule has 1 fully saturated rings. The lowest BCUT2D eigenvalue weighted by atomic mass is 10.0. The van der Waals surface area contributed by atoms with Crippen LogP contribution in [0.3, 0.4) is 0 Å². The Balaban J connectivity index is 2.50. The Bertz CT molecular complexity index is 420. The van der Waals surface area contributed by atoms with Crippen molar-refractivity contribution in [3.05, 3.63) is 29.6 Å². The first-order valence-electron chi connectivity index (χ1n) is 4.26. The van der Waals surface area contributed by atoms with Crippen molar-refractivity contribution in [1.82, 2.24) is 0 Å². The van der Waals surface area contributed by atoms with E-state index in [1.807, 2.05) is 0 Å². The van der Waals surface area contributed by atoms with Crippen LogP contribution in [-0.2, 0) is 10.3 Å². The van der Waals surface area contributed by atoms with Gasteiger partial charge in [-0.05, 0) is 31.0 Å². The van der Waals surface area contributed by atoms with Gasteiger partial charge in [0.15, 0.2) is 0 Å². The van der Waals surface area contributed by atoms with Gasteiger partial charge < -0.3 is 5.11 Å². The number of nitrogens with zero attached hydrogens (tertiary/aromatic N) is 1. The van der Waals surface area contributed by atoms with Crippen molar-refractivity contribution >= 4 is 6.08 Å². The average Bonchev–Trinajstić information content (AvgIpc) is 2.91. The molecule has 1 aromatic carbocycles. The van der Waals surface area contributed by atoms with E-state index in [0.717, 1.165) is 0 Å². The Hall–Kier alpha value is -1.67. The predicted octanol–water partition coefficient (Wildman–Crippen LogP) is 1.86. The second kappa shape index (κ2) is 2.93. The summed E-state index contributed by atoms with van der Waals surface area (Å²) in [5.41, 5.74) is -0.339. The third-order valence-corrected chi connectivity index (χ3v) is 2.44. The van der Waals surface area contributed by atoms with Gasteiger partial charge in [-0.1, -0.05) is 0 Å². The predicted molar refractivity (Wildman–Crippen MR) is 47.1 cm³/mol. The van der Waals surface area contributed by atoms with Gasteiger partial charge in [-0.2, -0.15) is 4.99 Å². The molecule has 0 unspecified atom stereocenters. The van der Waals surface area contributed by atoms with E-state index in [4.69, 9.17) is 0 Å². The molecule has 3 nitrogen and oxygen atoms in total. The van der Waals surface area contributed by atoms with Crippen LogP contribution in [0.5, 0.6) is 5.75 Å². The van der Waals surface area contributed by atoms with Gasteiger partial charge in [-0.15, -0.1) is 0 Å². The summed E-state index contributed by atoms with van der Waals surface area (Å²) < 4.78 is 12.9. The largest absolute Gasteiger partial charge is 0.508 e.